The number of nitrogens with one attached hydrogen (secondary N) is 1. The predicted molar refractivity (Wildman–Crippen MR) is 67.7 cm³/mol. The maximum absolute atomic E-state index is 11.1. The van der Waals surface area contributed by atoms with Crippen LogP contribution < -0.4 is 5.56 Å². The summed E-state index contributed by atoms with van der Waals surface area (Å²) in [4.78, 5) is 13.8. The number of halogens is 1. The van der Waals surface area contributed by atoms with Crippen LogP contribution in [0.25, 0.3) is 16.6 Å². The molecule has 2 heterocycles. The molecule has 0 unspecified atom stereocenters. The van der Waals surface area contributed by atoms with Gasteiger partial charge in [-0.25, -0.2) is 0 Å². The molecule has 0 amide bonds. The molecule has 0 fully saturated rings. The zero-order valence-corrected chi connectivity index (χ0v) is 9.53. The number of nitrogens with zero attached hydrogens (tertiary/aromatic N) is 1. The molecule has 0 spiro atoms. The van der Waals surface area contributed by atoms with E-state index in [1.807, 2.05) is 35.2 Å². The molecule has 1 aromatic carbocycles. The van der Waals surface area contributed by atoms with Gasteiger partial charge in [-0.2, -0.15) is 0 Å². The Morgan fingerprint density at radius 3 is 2.76 bits per heavy atom. The average molecular weight is 244 g/mol. The van der Waals surface area contributed by atoms with Crippen molar-refractivity contribution in [3.63, 3.8) is 0 Å². The SMILES string of the molecule is O=c1[c]cc2cc(-n3cccc3)c(Cl)cc2[nH]1. The summed E-state index contributed by atoms with van der Waals surface area (Å²) in [5.74, 6) is 0. The highest BCUT2D eigenvalue weighted by Crippen LogP contribution is 2.25. The standard InChI is InChI=1S/C13H8ClN2O/c14-10-8-11-9(3-4-13(17)15-11)7-12(10)16-5-1-2-6-16/h1-3,5-8H,(H,15,17). The number of aromatic amines is 1. The maximum atomic E-state index is 11.1. The Balaban J connectivity index is 2.31. The first-order chi connectivity index (χ1) is 8.24. The summed E-state index contributed by atoms with van der Waals surface area (Å²) in [5.41, 5.74) is 1.35. The fourth-order valence-electron chi connectivity index (χ4n) is 1.80. The molecular formula is C13H8ClN2O. The Morgan fingerprint density at radius 2 is 2.00 bits per heavy atom. The molecule has 83 valence electrons. The topological polar surface area (TPSA) is 37.8 Å². The summed E-state index contributed by atoms with van der Waals surface area (Å²) >= 11 is 6.19. The van der Waals surface area contributed by atoms with Gasteiger partial charge in [0.15, 0.2) is 0 Å². The van der Waals surface area contributed by atoms with Crippen LogP contribution in [0.5, 0.6) is 0 Å². The quantitative estimate of drug-likeness (QED) is 0.701. The lowest BCUT2D eigenvalue weighted by molar-refractivity contribution is 1.08. The van der Waals surface area contributed by atoms with Gasteiger partial charge in [0.2, 0.25) is 0 Å². The molecule has 0 bridgehead atoms. The molecule has 17 heavy (non-hydrogen) atoms. The maximum Gasteiger partial charge on any atom is 0.256 e. The van der Waals surface area contributed by atoms with Gasteiger partial charge in [0.1, 0.15) is 0 Å². The fraction of sp³-hybridized carbons (Fsp3) is 0. The minimum absolute atomic E-state index is 0.248. The normalized spacial score (nSPS) is 10.9. The monoisotopic (exact) mass is 243 g/mol. The summed E-state index contributed by atoms with van der Waals surface area (Å²) in [6.45, 7) is 0. The number of hydrogen-bond acceptors (Lipinski definition) is 1. The van der Waals surface area contributed by atoms with Gasteiger partial charge in [-0.15, -0.1) is 0 Å². The molecule has 3 nitrogen and oxygen atoms in total. The Kier molecular flexibility index (Phi) is 2.27. The number of aromatic nitrogens is 2. The molecule has 0 aliphatic heterocycles. The highest BCUT2D eigenvalue weighted by molar-refractivity contribution is 6.33. The fourth-order valence-corrected chi connectivity index (χ4v) is 2.06. The molecule has 0 saturated heterocycles. The lowest BCUT2D eigenvalue weighted by Crippen LogP contribution is -2.03. The van der Waals surface area contributed by atoms with Gasteiger partial charge in [-0.05, 0) is 30.3 Å². The van der Waals surface area contributed by atoms with Crippen molar-refractivity contribution in [3.05, 3.63) is 64.2 Å². The summed E-state index contributed by atoms with van der Waals surface area (Å²) in [6.07, 6.45) is 3.84. The molecule has 2 aromatic heterocycles. The zero-order chi connectivity index (χ0) is 11.8. The number of fused-ring (bicyclic) bond motifs is 1. The lowest BCUT2D eigenvalue weighted by atomic mass is 10.2. The lowest BCUT2D eigenvalue weighted by Gasteiger charge is -2.07. The third-order valence-electron chi connectivity index (χ3n) is 2.61. The van der Waals surface area contributed by atoms with E-state index in [9.17, 15) is 4.79 Å². The van der Waals surface area contributed by atoms with E-state index < -0.39 is 0 Å². The first kappa shape index (κ1) is 10.2. The van der Waals surface area contributed by atoms with Crippen LogP contribution in [-0.2, 0) is 0 Å². The second kappa shape index (κ2) is 3.79. The van der Waals surface area contributed by atoms with Crippen LogP contribution in [0.1, 0.15) is 0 Å². The van der Waals surface area contributed by atoms with Crippen molar-refractivity contribution < 1.29 is 0 Å². The number of pyridine rings is 1. The largest absolute Gasteiger partial charge is 0.322 e. The van der Waals surface area contributed by atoms with Crippen LogP contribution in [0.4, 0.5) is 0 Å². The number of rotatable bonds is 1. The summed E-state index contributed by atoms with van der Waals surface area (Å²) in [5, 5.41) is 1.49. The molecule has 4 heteroatoms. The van der Waals surface area contributed by atoms with Gasteiger partial charge >= 0.3 is 0 Å². The van der Waals surface area contributed by atoms with Gasteiger partial charge in [0.05, 0.1) is 16.8 Å². The first-order valence-electron chi connectivity index (χ1n) is 5.12. The van der Waals surface area contributed by atoms with Crippen molar-refractivity contribution in [2.24, 2.45) is 0 Å². The van der Waals surface area contributed by atoms with Crippen molar-refractivity contribution in [2.45, 2.75) is 0 Å². The van der Waals surface area contributed by atoms with Gasteiger partial charge in [0.25, 0.3) is 5.56 Å². The van der Waals surface area contributed by atoms with Crippen molar-refractivity contribution in [3.8, 4) is 5.69 Å². The average Bonchev–Trinajstić information content (AvgIpc) is 2.81. The second-order valence-electron chi connectivity index (χ2n) is 3.72. The van der Waals surface area contributed by atoms with E-state index in [0.29, 0.717) is 5.02 Å². The summed E-state index contributed by atoms with van der Waals surface area (Å²) < 4.78 is 1.92. The van der Waals surface area contributed by atoms with E-state index in [0.717, 1.165) is 16.6 Å². The molecule has 0 atom stereocenters. The molecule has 0 saturated carbocycles. The summed E-state index contributed by atoms with van der Waals surface area (Å²) in [6, 6.07) is 11.8. The van der Waals surface area contributed by atoms with E-state index in [2.05, 4.69) is 11.1 Å². The second-order valence-corrected chi connectivity index (χ2v) is 4.13. The Morgan fingerprint density at radius 1 is 1.24 bits per heavy atom. The number of hydrogen-bond donors (Lipinski definition) is 1. The van der Waals surface area contributed by atoms with Crippen molar-refractivity contribution in [2.75, 3.05) is 0 Å². The molecule has 1 radical (unpaired) electrons. The molecule has 0 aliphatic rings. The number of H-pyrrole nitrogens is 1. The third kappa shape index (κ3) is 1.74. The van der Waals surface area contributed by atoms with E-state index in [4.69, 9.17) is 11.6 Å². The molecule has 3 rings (SSSR count). The van der Waals surface area contributed by atoms with Crippen molar-refractivity contribution in [1.29, 1.82) is 0 Å². The molecule has 3 aromatic rings. The minimum atomic E-state index is -0.248. The first-order valence-corrected chi connectivity index (χ1v) is 5.49. The van der Waals surface area contributed by atoms with Crippen LogP contribution in [0, 0.1) is 6.07 Å². The van der Waals surface area contributed by atoms with Crippen LogP contribution in [0.3, 0.4) is 0 Å². The number of benzene rings is 1. The van der Waals surface area contributed by atoms with E-state index in [-0.39, 0.29) is 5.56 Å². The van der Waals surface area contributed by atoms with E-state index in [1.54, 1.807) is 12.1 Å². The minimum Gasteiger partial charge on any atom is -0.322 e. The van der Waals surface area contributed by atoms with Gasteiger partial charge in [0, 0.05) is 23.3 Å². The van der Waals surface area contributed by atoms with Crippen LogP contribution in [0.2, 0.25) is 5.02 Å². The Labute approximate surface area is 102 Å². The van der Waals surface area contributed by atoms with E-state index in [1.165, 1.54) is 0 Å². The van der Waals surface area contributed by atoms with Crippen molar-refractivity contribution >= 4 is 22.5 Å². The Bertz CT molecular complexity index is 729. The van der Waals surface area contributed by atoms with Crippen LogP contribution in [-0.4, -0.2) is 9.55 Å². The molecule has 1 N–H and O–H groups in total. The van der Waals surface area contributed by atoms with E-state index >= 15 is 0 Å². The molecular weight excluding hydrogens is 236 g/mol. The highest BCUT2D eigenvalue weighted by Gasteiger charge is 2.05. The third-order valence-corrected chi connectivity index (χ3v) is 2.91. The highest BCUT2D eigenvalue weighted by atomic mass is 35.5. The van der Waals surface area contributed by atoms with Gasteiger partial charge in [-0.1, -0.05) is 11.6 Å². The molecule has 0 aliphatic carbocycles. The smallest absolute Gasteiger partial charge is 0.256 e. The van der Waals surface area contributed by atoms with Crippen LogP contribution in [0.15, 0.2) is 47.5 Å². The summed E-state index contributed by atoms with van der Waals surface area (Å²) in [7, 11) is 0. The zero-order valence-electron chi connectivity index (χ0n) is 8.77. The van der Waals surface area contributed by atoms with Crippen LogP contribution >= 0.6 is 11.6 Å². The van der Waals surface area contributed by atoms with Gasteiger partial charge in [-0.3, -0.25) is 4.79 Å². The Hall–Kier alpha value is -2.00. The predicted octanol–water partition coefficient (Wildman–Crippen LogP) is 2.77. The van der Waals surface area contributed by atoms with Crippen molar-refractivity contribution in [1.82, 2.24) is 9.55 Å². The van der Waals surface area contributed by atoms with Gasteiger partial charge < -0.3 is 9.55 Å².